The molecule has 20 heavy (non-hydrogen) atoms. The Balaban J connectivity index is 2.50. The number of ether oxygens (including phenoxy) is 2. The monoisotopic (exact) mass is 362 g/mol. The lowest BCUT2D eigenvalue weighted by Gasteiger charge is -2.24. The van der Waals surface area contributed by atoms with E-state index in [9.17, 15) is 0 Å². The lowest BCUT2D eigenvalue weighted by atomic mass is 9.98. The summed E-state index contributed by atoms with van der Waals surface area (Å²) >= 11 is 9.91. The third kappa shape index (κ3) is 2.77. The van der Waals surface area contributed by atoms with Gasteiger partial charge in [-0.05, 0) is 47.9 Å². The molecule has 0 aliphatic carbocycles. The van der Waals surface area contributed by atoms with Gasteiger partial charge in [-0.25, -0.2) is 0 Å². The van der Waals surface area contributed by atoms with Crippen LogP contribution in [0.2, 0.25) is 5.02 Å². The van der Waals surface area contributed by atoms with Crippen molar-refractivity contribution in [2.24, 2.45) is 11.7 Å². The maximum Gasteiger partial charge on any atom is 0.175 e. The van der Waals surface area contributed by atoms with Crippen LogP contribution in [0.5, 0.6) is 11.5 Å². The summed E-state index contributed by atoms with van der Waals surface area (Å²) in [5.74, 6) is 1.86. The van der Waals surface area contributed by atoms with E-state index in [1.54, 1.807) is 14.2 Å². The highest BCUT2D eigenvalue weighted by Gasteiger charge is 2.34. The number of rotatable bonds is 4. The summed E-state index contributed by atoms with van der Waals surface area (Å²) in [7, 11) is 5.35. The van der Waals surface area contributed by atoms with Gasteiger partial charge in [0.15, 0.2) is 11.5 Å². The first kappa shape index (κ1) is 15.9. The molecule has 1 heterocycles. The smallest absolute Gasteiger partial charge is 0.175 e. The number of likely N-dealkylation sites (tertiary alicyclic amines) is 1. The molecular formula is C14H20BrClN2O2. The lowest BCUT2D eigenvalue weighted by molar-refractivity contribution is 0.295. The first-order valence-corrected chi connectivity index (χ1v) is 7.70. The number of hydrogen-bond donors (Lipinski definition) is 1. The number of nitrogens with two attached hydrogens (primary N) is 1. The van der Waals surface area contributed by atoms with Crippen LogP contribution in [0, 0.1) is 5.92 Å². The molecule has 2 unspecified atom stereocenters. The Bertz CT molecular complexity index is 499. The van der Waals surface area contributed by atoms with Crippen LogP contribution >= 0.6 is 27.5 Å². The Kier molecular flexibility index (Phi) is 5.18. The molecule has 0 aromatic heterocycles. The van der Waals surface area contributed by atoms with E-state index in [2.05, 4.69) is 27.9 Å². The number of hydrogen-bond acceptors (Lipinski definition) is 4. The van der Waals surface area contributed by atoms with Crippen LogP contribution in [0.25, 0.3) is 0 Å². The molecule has 0 amide bonds. The van der Waals surface area contributed by atoms with Crippen molar-refractivity contribution in [3.8, 4) is 11.5 Å². The number of nitrogens with zero attached hydrogens (tertiary/aromatic N) is 1. The van der Waals surface area contributed by atoms with E-state index in [0.29, 0.717) is 29.0 Å². The number of methoxy groups -OCH3 is 2. The molecule has 2 rings (SSSR count). The van der Waals surface area contributed by atoms with Crippen LogP contribution in [-0.2, 0) is 0 Å². The fourth-order valence-electron chi connectivity index (χ4n) is 2.91. The van der Waals surface area contributed by atoms with Crippen molar-refractivity contribution in [1.29, 1.82) is 0 Å². The van der Waals surface area contributed by atoms with Crippen molar-refractivity contribution in [2.45, 2.75) is 12.5 Å². The zero-order valence-corrected chi connectivity index (χ0v) is 14.3. The number of halogens is 2. The molecule has 0 spiro atoms. The van der Waals surface area contributed by atoms with Gasteiger partial charge in [-0.1, -0.05) is 11.6 Å². The molecule has 1 aliphatic rings. The predicted octanol–water partition coefficient (Wildman–Crippen LogP) is 3.07. The Morgan fingerprint density at radius 2 is 2.05 bits per heavy atom. The molecule has 2 atom stereocenters. The molecule has 0 radical (unpaired) electrons. The van der Waals surface area contributed by atoms with Gasteiger partial charge in [-0.3, -0.25) is 4.90 Å². The summed E-state index contributed by atoms with van der Waals surface area (Å²) in [5, 5.41) is 0.684. The highest BCUT2D eigenvalue weighted by Crippen LogP contribution is 2.48. The second-order valence-corrected chi connectivity index (χ2v) is 6.37. The zero-order valence-electron chi connectivity index (χ0n) is 12.0. The van der Waals surface area contributed by atoms with E-state index < -0.39 is 0 Å². The molecule has 1 aromatic carbocycles. The van der Waals surface area contributed by atoms with Gasteiger partial charge in [0.25, 0.3) is 0 Å². The normalized spacial score (nSPS) is 23.1. The second kappa shape index (κ2) is 6.52. The first-order chi connectivity index (χ1) is 9.53. The zero-order chi connectivity index (χ0) is 14.9. The fourth-order valence-corrected chi connectivity index (χ4v) is 3.93. The van der Waals surface area contributed by atoms with Gasteiger partial charge < -0.3 is 15.2 Å². The van der Waals surface area contributed by atoms with E-state index in [4.69, 9.17) is 26.8 Å². The Morgan fingerprint density at radius 3 is 2.55 bits per heavy atom. The summed E-state index contributed by atoms with van der Waals surface area (Å²) in [4.78, 5) is 2.27. The Hall–Kier alpha value is -0.490. The Morgan fingerprint density at radius 1 is 1.40 bits per heavy atom. The molecule has 0 saturated carbocycles. The molecule has 112 valence electrons. The van der Waals surface area contributed by atoms with E-state index in [1.165, 1.54) is 0 Å². The fraction of sp³-hybridized carbons (Fsp3) is 0.571. The Labute approximate surface area is 133 Å². The molecule has 4 nitrogen and oxygen atoms in total. The van der Waals surface area contributed by atoms with Crippen molar-refractivity contribution in [1.82, 2.24) is 4.90 Å². The third-order valence-electron chi connectivity index (χ3n) is 3.89. The van der Waals surface area contributed by atoms with Crippen molar-refractivity contribution >= 4 is 27.5 Å². The third-order valence-corrected chi connectivity index (χ3v) is 4.79. The average Bonchev–Trinajstić information content (AvgIpc) is 2.79. The minimum atomic E-state index is 0.202. The van der Waals surface area contributed by atoms with Gasteiger partial charge in [0, 0.05) is 18.2 Å². The van der Waals surface area contributed by atoms with Crippen molar-refractivity contribution < 1.29 is 9.47 Å². The van der Waals surface area contributed by atoms with Gasteiger partial charge in [-0.2, -0.15) is 0 Å². The molecule has 2 N–H and O–H groups in total. The topological polar surface area (TPSA) is 47.7 Å². The van der Waals surface area contributed by atoms with Crippen LogP contribution in [-0.4, -0.2) is 39.3 Å². The second-order valence-electron chi connectivity index (χ2n) is 5.11. The molecule has 1 aliphatic heterocycles. The summed E-state index contributed by atoms with van der Waals surface area (Å²) in [6.45, 7) is 1.66. The van der Waals surface area contributed by atoms with E-state index >= 15 is 0 Å². The molecule has 6 heteroatoms. The van der Waals surface area contributed by atoms with E-state index in [-0.39, 0.29) is 6.04 Å². The highest BCUT2D eigenvalue weighted by molar-refractivity contribution is 9.10. The molecule has 1 aromatic rings. The molecule has 1 saturated heterocycles. The minimum Gasteiger partial charge on any atom is -0.492 e. The van der Waals surface area contributed by atoms with Crippen LogP contribution in [0.3, 0.4) is 0 Å². The van der Waals surface area contributed by atoms with E-state index in [1.807, 2.05) is 6.07 Å². The molecule has 0 bridgehead atoms. The van der Waals surface area contributed by atoms with Gasteiger partial charge in [0.2, 0.25) is 0 Å². The highest BCUT2D eigenvalue weighted by atomic mass is 79.9. The predicted molar refractivity (Wildman–Crippen MR) is 84.8 cm³/mol. The van der Waals surface area contributed by atoms with Crippen LogP contribution in [0.15, 0.2) is 10.5 Å². The SMILES string of the molecule is COc1c(Br)cc(Cl)c(C2CC(CN)CN2C)c1OC. The van der Waals surface area contributed by atoms with Gasteiger partial charge >= 0.3 is 0 Å². The number of benzene rings is 1. The largest absolute Gasteiger partial charge is 0.492 e. The first-order valence-electron chi connectivity index (χ1n) is 6.53. The maximum atomic E-state index is 6.46. The van der Waals surface area contributed by atoms with Gasteiger partial charge in [0.05, 0.1) is 23.7 Å². The van der Waals surface area contributed by atoms with Crippen LogP contribution in [0.4, 0.5) is 0 Å². The summed E-state index contributed by atoms with van der Waals surface area (Å²) in [5.41, 5.74) is 6.78. The van der Waals surface area contributed by atoms with Crippen molar-refractivity contribution in [2.75, 3.05) is 34.4 Å². The summed E-state index contributed by atoms with van der Waals surface area (Å²) < 4.78 is 11.8. The quantitative estimate of drug-likeness (QED) is 0.893. The minimum absolute atomic E-state index is 0.202. The average molecular weight is 364 g/mol. The maximum absolute atomic E-state index is 6.46. The standard InChI is InChI=1S/C14H20BrClN2O2/c1-18-7-8(6-17)4-11(18)12-10(16)5-9(15)13(19-2)14(12)20-3/h5,8,11H,4,6-7,17H2,1-3H3. The van der Waals surface area contributed by atoms with Crippen molar-refractivity contribution in [3.63, 3.8) is 0 Å². The van der Waals surface area contributed by atoms with Crippen LogP contribution < -0.4 is 15.2 Å². The summed E-state index contributed by atoms with van der Waals surface area (Å²) in [6, 6.07) is 2.06. The van der Waals surface area contributed by atoms with Gasteiger partial charge in [0.1, 0.15) is 0 Å². The van der Waals surface area contributed by atoms with E-state index in [0.717, 1.165) is 23.0 Å². The van der Waals surface area contributed by atoms with Crippen molar-refractivity contribution in [3.05, 3.63) is 21.1 Å². The molecular weight excluding hydrogens is 344 g/mol. The van der Waals surface area contributed by atoms with Gasteiger partial charge in [-0.15, -0.1) is 0 Å². The van der Waals surface area contributed by atoms with Crippen LogP contribution in [0.1, 0.15) is 18.0 Å². The lowest BCUT2D eigenvalue weighted by Crippen LogP contribution is -2.21. The summed E-state index contributed by atoms with van der Waals surface area (Å²) in [6.07, 6.45) is 0.980. The molecule has 1 fully saturated rings.